The lowest BCUT2D eigenvalue weighted by Crippen LogP contribution is -2.30. The summed E-state index contributed by atoms with van der Waals surface area (Å²) in [5, 5.41) is 8.66. The van der Waals surface area contributed by atoms with Gasteiger partial charge in [0, 0.05) is 21.3 Å². The van der Waals surface area contributed by atoms with Gasteiger partial charge in [-0.15, -0.1) is 0 Å². The third-order valence-corrected chi connectivity index (χ3v) is 6.32. The van der Waals surface area contributed by atoms with Gasteiger partial charge in [0.15, 0.2) is 11.5 Å². The van der Waals surface area contributed by atoms with Crippen LogP contribution in [0.1, 0.15) is 43.9 Å². The molecule has 0 unspecified atom stereocenters. The molecule has 2 heterocycles. The predicted molar refractivity (Wildman–Crippen MR) is 134 cm³/mol. The van der Waals surface area contributed by atoms with Gasteiger partial charge in [0.2, 0.25) is 5.95 Å². The molecule has 1 aromatic heterocycles. The Bertz CT molecular complexity index is 1240. The van der Waals surface area contributed by atoms with Crippen LogP contribution in [0.15, 0.2) is 54.0 Å². The van der Waals surface area contributed by atoms with Crippen LogP contribution in [0, 0.1) is 0 Å². The normalized spacial score (nSPS) is 14.8. The lowest BCUT2D eigenvalue weighted by Gasteiger charge is -2.29. The van der Waals surface area contributed by atoms with Gasteiger partial charge in [-0.05, 0) is 43.2 Å². The third kappa shape index (κ3) is 5.09. The first-order valence-corrected chi connectivity index (χ1v) is 12.0. The summed E-state index contributed by atoms with van der Waals surface area (Å²) in [5.74, 6) is 1.16. The van der Waals surface area contributed by atoms with Crippen molar-refractivity contribution in [3.63, 3.8) is 0 Å². The maximum absolute atomic E-state index is 13.1. The van der Waals surface area contributed by atoms with Gasteiger partial charge in [-0.25, -0.2) is 9.48 Å². The van der Waals surface area contributed by atoms with Gasteiger partial charge in [-0.1, -0.05) is 48.7 Å². The minimum Gasteiger partial charge on any atom is -0.493 e. The molecule has 0 amide bonds. The van der Waals surface area contributed by atoms with E-state index >= 15 is 0 Å². The van der Waals surface area contributed by atoms with E-state index in [9.17, 15) is 4.79 Å². The van der Waals surface area contributed by atoms with E-state index in [0.29, 0.717) is 45.1 Å². The minimum atomic E-state index is -0.546. The number of ether oxygens (including phenoxy) is 3. The number of carbonyl (C=O) groups is 1. The highest BCUT2D eigenvalue weighted by atomic mass is 35.5. The van der Waals surface area contributed by atoms with E-state index in [2.05, 4.69) is 15.4 Å². The van der Waals surface area contributed by atoms with Gasteiger partial charge in [0.05, 0.1) is 19.3 Å². The van der Waals surface area contributed by atoms with Gasteiger partial charge in [0.25, 0.3) is 0 Å². The predicted octanol–water partition coefficient (Wildman–Crippen LogP) is 5.80. The first-order valence-electron chi connectivity index (χ1n) is 11.3. The monoisotopic (exact) mass is 516 g/mol. The molecule has 0 aliphatic carbocycles. The number of hydrogen-bond acceptors (Lipinski definition) is 7. The number of nitrogens with one attached hydrogen (secondary N) is 1. The lowest BCUT2D eigenvalue weighted by molar-refractivity contribution is -0.139. The van der Waals surface area contributed by atoms with E-state index in [1.807, 2.05) is 19.1 Å². The first kappa shape index (κ1) is 24.9. The maximum Gasteiger partial charge on any atom is 0.338 e. The van der Waals surface area contributed by atoms with E-state index in [-0.39, 0.29) is 13.2 Å². The molecule has 184 valence electrons. The summed E-state index contributed by atoms with van der Waals surface area (Å²) >= 11 is 12.6. The Morgan fingerprint density at radius 1 is 1.14 bits per heavy atom. The van der Waals surface area contributed by atoms with Crippen LogP contribution in [-0.4, -0.2) is 34.5 Å². The van der Waals surface area contributed by atoms with Gasteiger partial charge < -0.3 is 19.5 Å². The molecule has 1 aliphatic heterocycles. The summed E-state index contributed by atoms with van der Waals surface area (Å²) in [7, 11) is 1.56. The molecule has 2 aromatic carbocycles. The molecule has 0 spiro atoms. The molecule has 4 rings (SSSR count). The Kier molecular flexibility index (Phi) is 7.83. The fourth-order valence-electron chi connectivity index (χ4n) is 4.01. The molecule has 0 saturated heterocycles. The largest absolute Gasteiger partial charge is 0.493 e. The van der Waals surface area contributed by atoms with Crippen molar-refractivity contribution in [1.29, 1.82) is 0 Å². The number of methoxy groups -OCH3 is 1. The van der Waals surface area contributed by atoms with Gasteiger partial charge in [-0.3, -0.25) is 0 Å². The Hall–Kier alpha value is -3.23. The zero-order valence-corrected chi connectivity index (χ0v) is 21.2. The number of benzene rings is 2. The number of rotatable bonds is 9. The summed E-state index contributed by atoms with van der Waals surface area (Å²) in [6, 6.07) is 10.2. The van der Waals surface area contributed by atoms with Crippen LogP contribution < -0.4 is 14.8 Å². The molecule has 8 nitrogen and oxygen atoms in total. The van der Waals surface area contributed by atoms with Crippen molar-refractivity contribution in [3.05, 3.63) is 75.2 Å². The van der Waals surface area contributed by atoms with E-state index in [0.717, 1.165) is 17.7 Å². The molecular formula is C25H26Cl2N4O4. The highest BCUT2D eigenvalue weighted by Crippen LogP contribution is 2.40. The van der Waals surface area contributed by atoms with Crippen LogP contribution in [0.4, 0.5) is 5.95 Å². The number of hydrogen-bond donors (Lipinski definition) is 1. The van der Waals surface area contributed by atoms with Crippen molar-refractivity contribution in [2.24, 2.45) is 0 Å². The Balaban J connectivity index is 1.72. The second-order valence-electron chi connectivity index (χ2n) is 7.82. The maximum atomic E-state index is 13.1. The first-order chi connectivity index (χ1) is 17.0. The number of allylic oxidation sites excluding steroid dienone is 1. The van der Waals surface area contributed by atoms with Crippen molar-refractivity contribution in [2.75, 3.05) is 19.0 Å². The number of esters is 1. The smallest absolute Gasteiger partial charge is 0.338 e. The van der Waals surface area contributed by atoms with Crippen LogP contribution in [0.2, 0.25) is 10.0 Å². The molecule has 35 heavy (non-hydrogen) atoms. The van der Waals surface area contributed by atoms with Crippen molar-refractivity contribution in [2.45, 2.75) is 39.3 Å². The quantitative estimate of drug-likeness (QED) is 0.359. The number of fused-ring (bicyclic) bond motifs is 1. The molecule has 0 saturated carbocycles. The Labute approximate surface area is 213 Å². The average Bonchev–Trinajstić information content (AvgIpc) is 3.31. The van der Waals surface area contributed by atoms with Crippen LogP contribution in [-0.2, 0) is 16.1 Å². The summed E-state index contributed by atoms with van der Waals surface area (Å²) in [6.45, 7) is 4.26. The second kappa shape index (κ2) is 11.0. The molecule has 0 fully saturated rings. The van der Waals surface area contributed by atoms with E-state index in [1.165, 1.54) is 6.33 Å². The number of nitrogens with zero attached hydrogens (tertiary/aromatic N) is 3. The van der Waals surface area contributed by atoms with Crippen molar-refractivity contribution in [3.8, 4) is 11.5 Å². The standard InChI is InChI=1S/C25H26Cl2N4O4/c1-4-7-19-22(24(32)34-5-2)23(31-25(30-19)28-14-29-31)15-10-11-20(21(12-15)33-3)35-13-16-17(26)8-6-9-18(16)27/h6,8-12,14,23H,4-5,7,13H2,1-3H3,(H,28,29,30)/t23-/m0/s1. The SMILES string of the molecule is CCCC1=C(C(=O)OCC)[C@H](c2ccc(OCc3c(Cl)cccc3Cl)c(OC)c2)n2ncnc2N1. The zero-order valence-electron chi connectivity index (χ0n) is 19.7. The van der Waals surface area contributed by atoms with Gasteiger partial charge in [-0.2, -0.15) is 10.1 Å². The molecule has 1 N–H and O–H groups in total. The molecule has 0 radical (unpaired) electrons. The van der Waals surface area contributed by atoms with Crippen LogP contribution in [0.25, 0.3) is 0 Å². The van der Waals surface area contributed by atoms with Gasteiger partial charge >= 0.3 is 5.97 Å². The molecule has 1 aliphatic rings. The van der Waals surface area contributed by atoms with Crippen molar-refractivity contribution < 1.29 is 19.0 Å². The molecule has 10 heteroatoms. The van der Waals surface area contributed by atoms with Crippen molar-refractivity contribution >= 4 is 35.1 Å². The van der Waals surface area contributed by atoms with E-state index < -0.39 is 12.0 Å². The van der Waals surface area contributed by atoms with Crippen LogP contribution in [0.5, 0.6) is 11.5 Å². The Morgan fingerprint density at radius 3 is 2.60 bits per heavy atom. The second-order valence-corrected chi connectivity index (χ2v) is 8.63. The zero-order chi connectivity index (χ0) is 24.9. The van der Waals surface area contributed by atoms with Crippen molar-refractivity contribution in [1.82, 2.24) is 14.8 Å². The highest BCUT2D eigenvalue weighted by molar-refractivity contribution is 6.35. The topological polar surface area (TPSA) is 87.5 Å². The summed E-state index contributed by atoms with van der Waals surface area (Å²) in [6.07, 6.45) is 2.95. The Morgan fingerprint density at radius 2 is 1.91 bits per heavy atom. The van der Waals surface area contributed by atoms with E-state index in [1.54, 1.807) is 43.0 Å². The third-order valence-electron chi connectivity index (χ3n) is 5.61. The molecule has 0 bridgehead atoms. The van der Waals surface area contributed by atoms with Crippen LogP contribution in [0.3, 0.4) is 0 Å². The summed E-state index contributed by atoms with van der Waals surface area (Å²) in [4.78, 5) is 17.4. The highest BCUT2D eigenvalue weighted by Gasteiger charge is 2.35. The fraction of sp³-hybridized carbons (Fsp3) is 0.320. The van der Waals surface area contributed by atoms with E-state index in [4.69, 9.17) is 37.4 Å². The minimum absolute atomic E-state index is 0.170. The number of aromatic nitrogens is 3. The molecular weight excluding hydrogens is 491 g/mol. The number of anilines is 1. The fourth-order valence-corrected chi connectivity index (χ4v) is 4.52. The van der Waals surface area contributed by atoms with Gasteiger partial charge in [0.1, 0.15) is 19.0 Å². The lowest BCUT2D eigenvalue weighted by atomic mass is 9.93. The summed E-state index contributed by atoms with van der Waals surface area (Å²) < 4.78 is 18.7. The summed E-state index contributed by atoms with van der Waals surface area (Å²) in [5.41, 5.74) is 2.72. The molecule has 3 aromatic rings. The van der Waals surface area contributed by atoms with Crippen LogP contribution >= 0.6 is 23.2 Å². The average molecular weight is 517 g/mol. The number of carbonyl (C=O) groups excluding carboxylic acids is 1. The number of halogens is 2. The molecule has 1 atom stereocenters.